The molecule has 182 valence electrons. The maximum absolute atomic E-state index is 14.3. The van der Waals surface area contributed by atoms with Crippen LogP contribution in [0, 0.1) is 5.82 Å². The standard InChI is InChI=1S/C21H25FN6O4S2/c1-3-33(29,30)25-12-16-5-4-6-18(11-16)26-20-19(22)13-24-21(28-20)27-17-9-7-15(8-10-17)14-34(31,32)23-2/h4-11,13,23,25H,3,12,14H2,1-2H3,(H2,24,26,27,28). The van der Waals surface area contributed by atoms with Crippen molar-refractivity contribution in [3.05, 3.63) is 71.7 Å². The Balaban J connectivity index is 1.70. The quantitative estimate of drug-likeness (QED) is 0.310. The van der Waals surface area contributed by atoms with Crippen LogP contribution in [0.15, 0.2) is 54.7 Å². The first-order valence-corrected chi connectivity index (χ1v) is 13.5. The number of rotatable bonds is 11. The van der Waals surface area contributed by atoms with Crippen LogP contribution in [0.4, 0.5) is 27.5 Å². The molecular formula is C21H25FN6O4S2. The molecule has 0 aliphatic carbocycles. The largest absolute Gasteiger partial charge is 0.338 e. The average molecular weight is 509 g/mol. The lowest BCUT2D eigenvalue weighted by Gasteiger charge is -2.11. The van der Waals surface area contributed by atoms with Crippen LogP contribution in [-0.4, -0.2) is 39.6 Å². The van der Waals surface area contributed by atoms with Crippen molar-refractivity contribution in [2.24, 2.45) is 0 Å². The summed E-state index contributed by atoms with van der Waals surface area (Å²) in [5.41, 5.74) is 2.40. The van der Waals surface area contributed by atoms with Crippen LogP contribution in [0.25, 0.3) is 0 Å². The molecule has 0 saturated heterocycles. The van der Waals surface area contributed by atoms with Gasteiger partial charge in [-0.1, -0.05) is 24.3 Å². The predicted molar refractivity (Wildman–Crippen MR) is 129 cm³/mol. The Kier molecular flexibility index (Phi) is 8.15. The van der Waals surface area contributed by atoms with Gasteiger partial charge in [-0.05, 0) is 49.4 Å². The minimum Gasteiger partial charge on any atom is -0.338 e. The Bertz CT molecular complexity index is 1350. The first-order chi connectivity index (χ1) is 16.1. The molecule has 2 aromatic carbocycles. The summed E-state index contributed by atoms with van der Waals surface area (Å²) in [4.78, 5) is 8.09. The van der Waals surface area contributed by atoms with E-state index in [0.29, 0.717) is 22.5 Å². The molecule has 3 aromatic rings. The fraction of sp³-hybridized carbons (Fsp3) is 0.238. The number of hydrogen-bond acceptors (Lipinski definition) is 8. The van der Waals surface area contributed by atoms with Crippen molar-refractivity contribution in [3.8, 4) is 0 Å². The Labute approximate surface area is 198 Å². The van der Waals surface area contributed by atoms with Crippen LogP contribution in [0.1, 0.15) is 18.1 Å². The maximum Gasteiger partial charge on any atom is 0.229 e. The van der Waals surface area contributed by atoms with E-state index in [1.165, 1.54) is 7.05 Å². The number of nitrogens with one attached hydrogen (secondary N) is 4. The molecule has 1 heterocycles. The molecule has 34 heavy (non-hydrogen) atoms. The number of nitrogens with zero attached hydrogens (tertiary/aromatic N) is 2. The van der Waals surface area contributed by atoms with Crippen molar-refractivity contribution in [1.29, 1.82) is 0 Å². The van der Waals surface area contributed by atoms with Gasteiger partial charge in [0.2, 0.25) is 26.0 Å². The minimum atomic E-state index is -3.38. The van der Waals surface area contributed by atoms with Gasteiger partial charge in [0.1, 0.15) is 0 Å². The smallest absolute Gasteiger partial charge is 0.229 e. The molecule has 0 bridgehead atoms. The lowest BCUT2D eigenvalue weighted by atomic mass is 10.2. The van der Waals surface area contributed by atoms with Crippen molar-refractivity contribution in [2.75, 3.05) is 23.4 Å². The van der Waals surface area contributed by atoms with Crippen molar-refractivity contribution in [3.63, 3.8) is 0 Å². The molecule has 0 spiro atoms. The van der Waals surface area contributed by atoms with Crippen molar-refractivity contribution in [2.45, 2.75) is 19.2 Å². The van der Waals surface area contributed by atoms with E-state index in [1.54, 1.807) is 55.5 Å². The summed E-state index contributed by atoms with van der Waals surface area (Å²) in [6.07, 6.45) is 1.02. The number of hydrogen-bond donors (Lipinski definition) is 4. The van der Waals surface area contributed by atoms with E-state index in [-0.39, 0.29) is 29.8 Å². The summed E-state index contributed by atoms with van der Waals surface area (Å²) >= 11 is 0. The highest BCUT2D eigenvalue weighted by Crippen LogP contribution is 2.22. The highest BCUT2D eigenvalue weighted by Gasteiger charge is 2.11. The van der Waals surface area contributed by atoms with Gasteiger partial charge in [-0.2, -0.15) is 4.98 Å². The first kappa shape index (κ1) is 25.5. The van der Waals surface area contributed by atoms with Gasteiger partial charge in [-0.25, -0.2) is 35.7 Å². The molecule has 0 aliphatic heterocycles. The van der Waals surface area contributed by atoms with E-state index in [0.717, 1.165) is 6.20 Å². The SMILES string of the molecule is CCS(=O)(=O)NCc1cccc(Nc2nc(Nc3ccc(CS(=O)(=O)NC)cc3)ncc2F)c1. The second kappa shape index (κ2) is 10.9. The third-order valence-electron chi connectivity index (χ3n) is 4.69. The molecule has 0 saturated carbocycles. The van der Waals surface area contributed by atoms with Crippen LogP contribution < -0.4 is 20.1 Å². The second-order valence-electron chi connectivity index (χ2n) is 7.23. The molecule has 0 unspecified atom stereocenters. The van der Waals surface area contributed by atoms with E-state index in [4.69, 9.17) is 0 Å². The molecule has 1 aromatic heterocycles. The van der Waals surface area contributed by atoms with E-state index in [2.05, 4.69) is 30.0 Å². The van der Waals surface area contributed by atoms with E-state index in [9.17, 15) is 21.2 Å². The van der Waals surface area contributed by atoms with Crippen LogP contribution >= 0.6 is 0 Å². The van der Waals surface area contributed by atoms with Crippen LogP contribution in [-0.2, 0) is 32.3 Å². The van der Waals surface area contributed by atoms with Gasteiger partial charge in [0, 0.05) is 17.9 Å². The highest BCUT2D eigenvalue weighted by atomic mass is 32.2. The Morgan fingerprint density at radius 1 is 0.912 bits per heavy atom. The molecule has 0 atom stereocenters. The fourth-order valence-corrected chi connectivity index (χ4v) is 4.18. The van der Waals surface area contributed by atoms with Crippen LogP contribution in [0.2, 0.25) is 0 Å². The molecule has 4 N–H and O–H groups in total. The average Bonchev–Trinajstić information content (AvgIpc) is 2.81. The topological polar surface area (TPSA) is 142 Å². The molecule has 10 nitrogen and oxygen atoms in total. The Hall–Kier alpha value is -3.13. The Morgan fingerprint density at radius 3 is 2.32 bits per heavy atom. The molecule has 3 rings (SSSR count). The number of aromatic nitrogens is 2. The fourth-order valence-electron chi connectivity index (χ4n) is 2.81. The predicted octanol–water partition coefficient (Wildman–Crippen LogP) is 2.59. The lowest BCUT2D eigenvalue weighted by Crippen LogP contribution is -2.24. The number of sulfonamides is 2. The summed E-state index contributed by atoms with van der Waals surface area (Å²) in [6.45, 7) is 1.66. The monoisotopic (exact) mass is 508 g/mol. The van der Waals surface area contributed by atoms with Gasteiger partial charge >= 0.3 is 0 Å². The normalized spacial score (nSPS) is 11.9. The van der Waals surface area contributed by atoms with Gasteiger partial charge in [0.25, 0.3) is 0 Å². The summed E-state index contributed by atoms with van der Waals surface area (Å²) < 4.78 is 65.7. The third-order valence-corrected chi connectivity index (χ3v) is 7.37. The maximum atomic E-state index is 14.3. The van der Waals surface area contributed by atoms with Gasteiger partial charge < -0.3 is 10.6 Å². The molecule has 0 aliphatic rings. The number of benzene rings is 2. The number of anilines is 4. The summed E-state index contributed by atoms with van der Waals surface area (Å²) in [6, 6.07) is 13.5. The molecule has 0 amide bonds. The van der Waals surface area contributed by atoms with Gasteiger partial charge in [-0.15, -0.1) is 0 Å². The highest BCUT2D eigenvalue weighted by molar-refractivity contribution is 7.89. The molecular weight excluding hydrogens is 483 g/mol. The van der Waals surface area contributed by atoms with Crippen molar-refractivity contribution >= 4 is 43.2 Å². The minimum absolute atomic E-state index is 0.0232. The van der Waals surface area contributed by atoms with Gasteiger partial charge in [-0.3, -0.25) is 0 Å². The van der Waals surface area contributed by atoms with Crippen LogP contribution in [0.5, 0.6) is 0 Å². The van der Waals surface area contributed by atoms with Crippen LogP contribution in [0.3, 0.4) is 0 Å². The number of halogens is 1. The zero-order valence-corrected chi connectivity index (χ0v) is 20.2. The molecule has 13 heteroatoms. The van der Waals surface area contributed by atoms with Gasteiger partial charge in [0.05, 0.1) is 17.7 Å². The Morgan fingerprint density at radius 2 is 1.65 bits per heavy atom. The summed E-state index contributed by atoms with van der Waals surface area (Å²) in [5, 5.41) is 5.82. The second-order valence-corrected chi connectivity index (χ2v) is 11.2. The zero-order chi connectivity index (χ0) is 24.8. The van der Waals surface area contributed by atoms with E-state index >= 15 is 0 Å². The molecule has 0 radical (unpaired) electrons. The lowest BCUT2D eigenvalue weighted by molar-refractivity contribution is 0.582. The zero-order valence-electron chi connectivity index (χ0n) is 18.5. The van der Waals surface area contributed by atoms with Crippen molar-refractivity contribution in [1.82, 2.24) is 19.4 Å². The first-order valence-electron chi connectivity index (χ1n) is 10.2. The van der Waals surface area contributed by atoms with Crippen molar-refractivity contribution < 1.29 is 21.2 Å². The molecule has 0 fully saturated rings. The summed E-state index contributed by atoms with van der Waals surface area (Å²) in [7, 11) is -5.36. The summed E-state index contributed by atoms with van der Waals surface area (Å²) in [5.74, 6) is -0.781. The van der Waals surface area contributed by atoms with Gasteiger partial charge in [0.15, 0.2) is 11.6 Å². The third kappa shape index (κ3) is 7.45. The van der Waals surface area contributed by atoms with E-state index < -0.39 is 25.9 Å². The van der Waals surface area contributed by atoms with E-state index in [1.807, 2.05) is 0 Å².